The first-order valence-corrected chi connectivity index (χ1v) is 17.0. The van der Waals surface area contributed by atoms with Gasteiger partial charge in [0.25, 0.3) is 0 Å². The lowest BCUT2D eigenvalue weighted by atomic mass is 9.36. The smallest absolute Gasteiger partial charge is 0.315 e. The van der Waals surface area contributed by atoms with Crippen LogP contribution in [0.5, 0.6) is 0 Å². The van der Waals surface area contributed by atoms with Crippen LogP contribution in [-0.4, -0.2) is 74.9 Å². The van der Waals surface area contributed by atoms with Crippen LogP contribution in [0.25, 0.3) is 0 Å². The average molecular weight is 617 g/mol. The molecule has 5 fully saturated rings. The summed E-state index contributed by atoms with van der Waals surface area (Å²) in [6, 6.07) is 0. The second-order valence-corrected chi connectivity index (χ2v) is 17.4. The Morgan fingerprint density at radius 3 is 2.20 bits per heavy atom. The minimum absolute atomic E-state index is 0.00315. The first-order chi connectivity index (χ1) is 20.4. The maximum atomic E-state index is 14.4. The largest absolute Gasteiger partial charge is 0.432 e. The van der Waals surface area contributed by atoms with Gasteiger partial charge in [-0.25, -0.2) is 0 Å². The average Bonchev–Trinajstić information content (AvgIpc) is 2.95. The van der Waals surface area contributed by atoms with Crippen LogP contribution < -0.4 is 0 Å². The Morgan fingerprint density at radius 2 is 1.52 bits per heavy atom. The van der Waals surface area contributed by atoms with Crippen molar-refractivity contribution in [2.24, 2.45) is 44.3 Å². The number of esters is 1. The molecular weight excluding hydrogens is 560 g/mol. The molecule has 0 aromatic rings. The zero-order valence-corrected chi connectivity index (χ0v) is 27.8. The Bertz CT molecular complexity index is 1240. The van der Waals surface area contributed by atoms with Gasteiger partial charge in [-0.05, 0) is 96.7 Å². The fraction of sp³-hybridized carbons (Fsp3) is 0.861. The second-order valence-electron chi connectivity index (χ2n) is 17.4. The predicted molar refractivity (Wildman–Crippen MR) is 165 cm³/mol. The molecule has 1 saturated heterocycles. The minimum atomic E-state index is -1.62. The van der Waals surface area contributed by atoms with E-state index in [4.69, 9.17) is 9.47 Å². The van der Waals surface area contributed by atoms with Gasteiger partial charge < -0.3 is 35.0 Å². The van der Waals surface area contributed by atoms with Crippen molar-refractivity contribution in [2.75, 3.05) is 6.61 Å². The van der Waals surface area contributed by atoms with Gasteiger partial charge >= 0.3 is 5.97 Å². The molecule has 4 saturated carbocycles. The Hall–Kier alpha value is -1.29. The highest BCUT2D eigenvalue weighted by molar-refractivity contribution is 5.79. The van der Waals surface area contributed by atoms with E-state index in [-0.39, 0.29) is 39.1 Å². The van der Waals surface area contributed by atoms with Gasteiger partial charge in [-0.3, -0.25) is 4.79 Å². The third kappa shape index (κ3) is 4.33. The highest BCUT2D eigenvalue weighted by Gasteiger charge is 2.68. The van der Waals surface area contributed by atoms with E-state index in [0.717, 1.165) is 44.9 Å². The number of fused-ring (bicyclic) bond motifs is 7. The SMILES string of the molecule is CC1(C)CC[C@]2(C(=O)O[C@@H]3O[C@H](CO)[C@@H](O)[C@H](O)[C@H]3O)CC[C@]3(C)C(=CC=C4[C@@]5(C)CCC(O)C(C)(C)[C@@H]5CC[C@]43C)[C@@H]2C1. The third-order valence-electron chi connectivity index (χ3n) is 14.5. The Morgan fingerprint density at radius 1 is 0.841 bits per heavy atom. The van der Waals surface area contributed by atoms with Crippen LogP contribution in [0.4, 0.5) is 0 Å². The van der Waals surface area contributed by atoms with E-state index in [0.29, 0.717) is 18.8 Å². The van der Waals surface area contributed by atoms with E-state index in [9.17, 15) is 30.3 Å². The van der Waals surface area contributed by atoms with Crippen LogP contribution in [0, 0.1) is 44.3 Å². The zero-order chi connectivity index (χ0) is 32.3. The monoisotopic (exact) mass is 616 g/mol. The molecule has 1 unspecified atom stereocenters. The molecule has 5 aliphatic carbocycles. The highest BCUT2D eigenvalue weighted by atomic mass is 16.7. The molecule has 0 spiro atoms. The lowest BCUT2D eigenvalue weighted by Crippen LogP contribution is -2.63. The van der Waals surface area contributed by atoms with Crippen LogP contribution in [0.2, 0.25) is 0 Å². The molecule has 6 aliphatic rings. The van der Waals surface area contributed by atoms with Gasteiger partial charge in [-0.1, -0.05) is 71.8 Å². The van der Waals surface area contributed by atoms with Crippen molar-refractivity contribution in [3.8, 4) is 0 Å². The van der Waals surface area contributed by atoms with E-state index in [1.807, 2.05) is 0 Å². The van der Waals surface area contributed by atoms with Gasteiger partial charge in [-0.15, -0.1) is 0 Å². The summed E-state index contributed by atoms with van der Waals surface area (Å²) < 4.78 is 11.5. The van der Waals surface area contributed by atoms with Crippen molar-refractivity contribution < 1.29 is 39.8 Å². The van der Waals surface area contributed by atoms with Crippen LogP contribution >= 0.6 is 0 Å². The van der Waals surface area contributed by atoms with Crippen LogP contribution in [0.15, 0.2) is 23.3 Å². The number of aliphatic hydroxyl groups excluding tert-OH is 5. The number of hydrogen-bond acceptors (Lipinski definition) is 8. The van der Waals surface area contributed by atoms with Gasteiger partial charge in [0.15, 0.2) is 0 Å². The van der Waals surface area contributed by atoms with E-state index in [1.54, 1.807) is 0 Å². The molecule has 0 bridgehead atoms. The third-order valence-corrected chi connectivity index (χ3v) is 14.5. The van der Waals surface area contributed by atoms with Crippen LogP contribution in [0.1, 0.15) is 106 Å². The molecule has 0 aromatic heterocycles. The summed E-state index contributed by atoms with van der Waals surface area (Å²) in [4.78, 5) is 14.4. The number of rotatable bonds is 3. The van der Waals surface area contributed by atoms with E-state index in [1.165, 1.54) is 11.1 Å². The number of ether oxygens (including phenoxy) is 2. The standard InChI is InChI=1S/C36H56O8/c1-31(2)14-16-36(30(42)44-29-28(41)27(40)26(39)22(19-37)43-29)17-15-34(6)20(21(36)18-31)8-9-24-33(5)12-11-25(38)32(3,4)23(33)10-13-35(24,34)7/h8-9,21-23,25-29,37-41H,10-19H2,1-7H3/t21-,22+,23-,25?,26+,27-,28+,29-,33-,34+,35+,36-/m0/s1. The molecular formula is C36H56O8. The summed E-state index contributed by atoms with van der Waals surface area (Å²) in [5, 5.41) is 52.0. The summed E-state index contributed by atoms with van der Waals surface area (Å²) in [5.74, 6) is -0.0718. The topological polar surface area (TPSA) is 137 Å². The van der Waals surface area contributed by atoms with E-state index in [2.05, 4.69) is 60.6 Å². The summed E-state index contributed by atoms with van der Waals surface area (Å²) >= 11 is 0. The summed E-state index contributed by atoms with van der Waals surface area (Å²) in [6.45, 7) is 15.8. The van der Waals surface area contributed by atoms with Crippen molar-refractivity contribution in [2.45, 2.75) is 143 Å². The van der Waals surface area contributed by atoms with Crippen molar-refractivity contribution in [3.63, 3.8) is 0 Å². The predicted octanol–water partition coefficient (Wildman–Crippen LogP) is 4.41. The summed E-state index contributed by atoms with van der Waals surface area (Å²) in [5.41, 5.74) is 1.72. The van der Waals surface area contributed by atoms with Gasteiger partial charge in [0.1, 0.15) is 24.4 Å². The molecule has 0 radical (unpaired) electrons. The van der Waals surface area contributed by atoms with Crippen LogP contribution in [-0.2, 0) is 14.3 Å². The van der Waals surface area contributed by atoms with Gasteiger partial charge in [-0.2, -0.15) is 0 Å². The molecule has 5 N–H and O–H groups in total. The number of allylic oxidation sites excluding steroid dienone is 4. The quantitative estimate of drug-likeness (QED) is 0.294. The lowest BCUT2D eigenvalue weighted by molar-refractivity contribution is -0.297. The molecule has 12 atom stereocenters. The number of aliphatic hydroxyl groups is 5. The Kier molecular flexibility index (Phi) is 7.68. The molecule has 0 amide bonds. The molecule has 1 heterocycles. The fourth-order valence-corrected chi connectivity index (χ4v) is 11.3. The molecule has 6 rings (SSSR count). The van der Waals surface area contributed by atoms with E-state index >= 15 is 0 Å². The fourth-order valence-electron chi connectivity index (χ4n) is 11.3. The maximum Gasteiger partial charge on any atom is 0.315 e. The molecule has 8 heteroatoms. The molecule has 8 nitrogen and oxygen atoms in total. The van der Waals surface area contributed by atoms with E-state index < -0.39 is 48.7 Å². The maximum absolute atomic E-state index is 14.4. The zero-order valence-electron chi connectivity index (χ0n) is 27.8. The van der Waals surface area contributed by atoms with Gasteiger partial charge in [0.2, 0.25) is 6.29 Å². The van der Waals surface area contributed by atoms with Crippen LogP contribution in [0.3, 0.4) is 0 Å². The molecule has 0 aromatic carbocycles. The number of carbonyl (C=O) groups excluding carboxylic acids is 1. The summed E-state index contributed by atoms with van der Waals surface area (Å²) in [6.07, 6.45) is 4.87. The Balaban J connectivity index is 1.38. The summed E-state index contributed by atoms with van der Waals surface area (Å²) in [7, 11) is 0. The Labute approximate surface area is 262 Å². The van der Waals surface area contributed by atoms with Gasteiger partial charge in [0, 0.05) is 0 Å². The van der Waals surface area contributed by atoms with Gasteiger partial charge in [0.05, 0.1) is 18.1 Å². The first kappa shape index (κ1) is 32.6. The van der Waals surface area contributed by atoms with Crippen molar-refractivity contribution >= 4 is 5.97 Å². The highest BCUT2D eigenvalue weighted by Crippen LogP contribution is 2.74. The molecule has 44 heavy (non-hydrogen) atoms. The normalized spacial score (nSPS) is 51.0. The number of carbonyl (C=O) groups is 1. The lowest BCUT2D eigenvalue weighted by Gasteiger charge is -2.68. The number of hydrogen-bond donors (Lipinski definition) is 5. The first-order valence-electron chi connectivity index (χ1n) is 17.0. The van der Waals surface area contributed by atoms with Crippen molar-refractivity contribution in [1.82, 2.24) is 0 Å². The van der Waals surface area contributed by atoms with Crippen molar-refractivity contribution in [1.29, 1.82) is 0 Å². The second kappa shape index (κ2) is 10.4. The van der Waals surface area contributed by atoms with Crippen molar-refractivity contribution in [3.05, 3.63) is 23.3 Å². The minimum Gasteiger partial charge on any atom is -0.432 e. The molecule has 1 aliphatic heterocycles. The molecule has 248 valence electrons.